The van der Waals surface area contributed by atoms with Crippen LogP contribution in [0.4, 0.5) is 18.9 Å². The number of nitrogens with zero attached hydrogens (tertiary/aromatic N) is 2. The van der Waals surface area contributed by atoms with E-state index in [0.29, 0.717) is 0 Å². The molecular formula is C16H12F3N3O. The van der Waals surface area contributed by atoms with Gasteiger partial charge in [-0.2, -0.15) is 5.26 Å². The van der Waals surface area contributed by atoms with Gasteiger partial charge in [0.1, 0.15) is 11.6 Å². The van der Waals surface area contributed by atoms with Crippen LogP contribution in [0.5, 0.6) is 0 Å². The summed E-state index contributed by atoms with van der Waals surface area (Å²) in [7, 11) is 0. The van der Waals surface area contributed by atoms with Crippen LogP contribution in [-0.4, -0.2) is 23.2 Å². The summed E-state index contributed by atoms with van der Waals surface area (Å²) in [6.07, 6.45) is 4.04. The lowest BCUT2D eigenvalue weighted by molar-refractivity contribution is 0.102. The summed E-state index contributed by atoms with van der Waals surface area (Å²) in [4.78, 5) is 3.76. The largest absolute Gasteiger partial charge is 0.378 e. The SMILES string of the molecule is N#Cc1cnc2c(F)c(F)c(F)cc2c1N[C@H]1C[C@H]2CC[C@H]1O2. The van der Waals surface area contributed by atoms with E-state index in [0.717, 1.165) is 25.3 Å². The number of fused-ring (bicyclic) bond motifs is 3. The van der Waals surface area contributed by atoms with Crippen molar-refractivity contribution in [2.24, 2.45) is 0 Å². The average molecular weight is 319 g/mol. The molecule has 1 N–H and O–H groups in total. The minimum Gasteiger partial charge on any atom is -0.378 e. The molecule has 0 aliphatic carbocycles. The fraction of sp³-hybridized carbons (Fsp3) is 0.375. The minimum atomic E-state index is -1.57. The van der Waals surface area contributed by atoms with Crippen molar-refractivity contribution in [1.29, 1.82) is 5.26 Å². The fourth-order valence-electron chi connectivity index (χ4n) is 3.46. The van der Waals surface area contributed by atoms with E-state index < -0.39 is 17.5 Å². The average Bonchev–Trinajstić information content (AvgIpc) is 3.16. The molecule has 4 nitrogen and oxygen atoms in total. The Labute approximate surface area is 129 Å². The molecule has 2 saturated heterocycles. The molecule has 2 aliphatic rings. The number of anilines is 1. The van der Waals surface area contributed by atoms with E-state index in [1.807, 2.05) is 6.07 Å². The third-order valence-electron chi connectivity index (χ3n) is 4.55. The minimum absolute atomic E-state index is 0.0184. The predicted octanol–water partition coefficient (Wildman–Crippen LogP) is 3.26. The number of aromatic nitrogens is 1. The Morgan fingerprint density at radius 1 is 1.26 bits per heavy atom. The normalized spacial score (nSPS) is 25.7. The molecule has 7 heteroatoms. The molecule has 3 heterocycles. The molecule has 23 heavy (non-hydrogen) atoms. The Morgan fingerprint density at radius 2 is 2.09 bits per heavy atom. The van der Waals surface area contributed by atoms with Crippen LogP contribution < -0.4 is 5.32 Å². The number of nitrogens with one attached hydrogen (secondary N) is 1. The zero-order chi connectivity index (χ0) is 16.1. The first-order chi connectivity index (χ1) is 11.1. The molecule has 2 fully saturated rings. The molecule has 0 unspecified atom stereocenters. The van der Waals surface area contributed by atoms with Crippen LogP contribution in [0.15, 0.2) is 12.3 Å². The fourth-order valence-corrected chi connectivity index (χ4v) is 3.46. The summed E-state index contributed by atoms with van der Waals surface area (Å²) in [6.45, 7) is 0. The maximum absolute atomic E-state index is 13.9. The van der Waals surface area contributed by atoms with Crippen LogP contribution in [0.3, 0.4) is 0 Å². The van der Waals surface area contributed by atoms with Crippen molar-refractivity contribution in [2.75, 3.05) is 5.32 Å². The highest BCUT2D eigenvalue weighted by Gasteiger charge is 2.41. The zero-order valence-electron chi connectivity index (χ0n) is 11.9. The molecule has 0 saturated carbocycles. The number of nitriles is 1. The maximum Gasteiger partial charge on any atom is 0.196 e. The first-order valence-electron chi connectivity index (χ1n) is 7.36. The van der Waals surface area contributed by atoms with Gasteiger partial charge in [0.25, 0.3) is 0 Å². The van der Waals surface area contributed by atoms with Gasteiger partial charge in [0.05, 0.1) is 29.5 Å². The number of ether oxygens (including phenoxy) is 1. The third-order valence-corrected chi connectivity index (χ3v) is 4.55. The van der Waals surface area contributed by atoms with E-state index in [9.17, 15) is 18.4 Å². The van der Waals surface area contributed by atoms with E-state index in [4.69, 9.17) is 4.74 Å². The predicted molar refractivity (Wildman–Crippen MR) is 76.3 cm³/mol. The Morgan fingerprint density at radius 3 is 2.74 bits per heavy atom. The standard InChI is InChI=1S/C16H12F3N3O/c17-10-4-9-15(22-11-3-8-1-2-12(11)23-8)7(5-20)6-21-16(9)14(19)13(10)18/h4,6,8,11-12H,1-3H2,(H,21,22)/t8-,11+,12-/m1/s1. The Balaban J connectivity index is 1.85. The molecule has 4 rings (SSSR count). The molecule has 2 aromatic rings. The number of pyridine rings is 1. The zero-order valence-corrected chi connectivity index (χ0v) is 11.9. The van der Waals surface area contributed by atoms with Gasteiger partial charge < -0.3 is 10.1 Å². The number of hydrogen-bond donors (Lipinski definition) is 1. The van der Waals surface area contributed by atoms with Crippen LogP contribution in [0.1, 0.15) is 24.8 Å². The molecule has 118 valence electrons. The monoisotopic (exact) mass is 319 g/mol. The van der Waals surface area contributed by atoms with Gasteiger partial charge in [0.2, 0.25) is 0 Å². The summed E-state index contributed by atoms with van der Waals surface area (Å²) < 4.78 is 46.7. The van der Waals surface area contributed by atoms with Gasteiger partial charge in [-0.05, 0) is 25.3 Å². The highest BCUT2D eigenvalue weighted by Crippen LogP contribution is 2.38. The molecular weight excluding hydrogens is 307 g/mol. The summed E-state index contributed by atoms with van der Waals surface area (Å²) >= 11 is 0. The number of benzene rings is 1. The molecule has 3 atom stereocenters. The third kappa shape index (κ3) is 2.13. The van der Waals surface area contributed by atoms with Crippen molar-refractivity contribution in [3.05, 3.63) is 35.3 Å². The van der Waals surface area contributed by atoms with Crippen molar-refractivity contribution >= 4 is 16.6 Å². The van der Waals surface area contributed by atoms with Gasteiger partial charge in [-0.1, -0.05) is 0 Å². The molecule has 0 spiro atoms. The van der Waals surface area contributed by atoms with Gasteiger partial charge in [-0.3, -0.25) is 4.98 Å². The van der Waals surface area contributed by atoms with Crippen molar-refractivity contribution in [1.82, 2.24) is 4.98 Å². The summed E-state index contributed by atoms with van der Waals surface area (Å²) in [5.74, 6) is -4.22. The van der Waals surface area contributed by atoms with Gasteiger partial charge in [0, 0.05) is 11.6 Å². The van der Waals surface area contributed by atoms with E-state index >= 15 is 0 Å². The first-order valence-corrected chi connectivity index (χ1v) is 7.36. The lowest BCUT2D eigenvalue weighted by atomic mass is 9.94. The van der Waals surface area contributed by atoms with Crippen molar-refractivity contribution < 1.29 is 17.9 Å². The Kier molecular flexibility index (Phi) is 3.16. The topological polar surface area (TPSA) is 57.9 Å². The Bertz CT molecular complexity index is 849. The maximum atomic E-state index is 13.9. The number of rotatable bonds is 2. The van der Waals surface area contributed by atoms with Crippen molar-refractivity contribution in [3.63, 3.8) is 0 Å². The van der Waals surface area contributed by atoms with Crippen LogP contribution >= 0.6 is 0 Å². The molecule has 2 bridgehead atoms. The van der Waals surface area contributed by atoms with Gasteiger partial charge in [-0.25, -0.2) is 13.2 Å². The van der Waals surface area contributed by atoms with Crippen molar-refractivity contribution in [3.8, 4) is 6.07 Å². The lowest BCUT2D eigenvalue weighted by Gasteiger charge is -2.23. The lowest BCUT2D eigenvalue weighted by Crippen LogP contribution is -2.31. The van der Waals surface area contributed by atoms with E-state index in [-0.39, 0.29) is 40.4 Å². The van der Waals surface area contributed by atoms with E-state index in [2.05, 4.69) is 10.3 Å². The second-order valence-electron chi connectivity index (χ2n) is 5.90. The van der Waals surface area contributed by atoms with Crippen LogP contribution in [0.2, 0.25) is 0 Å². The van der Waals surface area contributed by atoms with Crippen LogP contribution in [0.25, 0.3) is 10.9 Å². The van der Waals surface area contributed by atoms with Gasteiger partial charge >= 0.3 is 0 Å². The van der Waals surface area contributed by atoms with Crippen LogP contribution in [-0.2, 0) is 4.74 Å². The number of halogens is 3. The highest BCUT2D eigenvalue weighted by atomic mass is 19.2. The highest BCUT2D eigenvalue weighted by molar-refractivity contribution is 5.94. The first kappa shape index (κ1) is 14.3. The second kappa shape index (κ2) is 5.10. The summed E-state index contributed by atoms with van der Waals surface area (Å²) in [6, 6.07) is 2.79. The summed E-state index contributed by atoms with van der Waals surface area (Å²) in [5, 5.41) is 12.5. The second-order valence-corrected chi connectivity index (χ2v) is 5.90. The molecule has 1 aromatic heterocycles. The molecule has 0 amide bonds. The van der Waals surface area contributed by atoms with E-state index in [1.54, 1.807) is 0 Å². The Hall–Kier alpha value is -2.33. The number of hydrogen-bond acceptors (Lipinski definition) is 4. The molecule has 0 radical (unpaired) electrons. The summed E-state index contributed by atoms with van der Waals surface area (Å²) in [5.41, 5.74) is 0.136. The van der Waals surface area contributed by atoms with Crippen LogP contribution in [0, 0.1) is 28.8 Å². The smallest absolute Gasteiger partial charge is 0.196 e. The van der Waals surface area contributed by atoms with Crippen molar-refractivity contribution in [2.45, 2.75) is 37.5 Å². The van der Waals surface area contributed by atoms with Gasteiger partial charge in [-0.15, -0.1) is 0 Å². The van der Waals surface area contributed by atoms with E-state index in [1.165, 1.54) is 6.20 Å². The molecule has 2 aliphatic heterocycles. The molecule has 1 aromatic carbocycles. The van der Waals surface area contributed by atoms with Gasteiger partial charge in [0.15, 0.2) is 17.5 Å². The quantitative estimate of drug-likeness (QED) is 0.863.